The van der Waals surface area contributed by atoms with Crippen molar-refractivity contribution in [2.75, 3.05) is 19.7 Å². The molecule has 3 N–H and O–H groups in total. The zero-order valence-electron chi connectivity index (χ0n) is 29.9. The van der Waals surface area contributed by atoms with Crippen molar-refractivity contribution in [1.29, 1.82) is 0 Å². The van der Waals surface area contributed by atoms with Gasteiger partial charge in [0, 0.05) is 42.7 Å². The molecule has 1 aromatic heterocycles. The fourth-order valence-electron chi connectivity index (χ4n) is 6.10. The van der Waals surface area contributed by atoms with Crippen LogP contribution < -0.4 is 10.6 Å². The number of alkyl carbamates (subject to hydrolysis) is 1. The molecular formula is C40H48F2N4O5. The van der Waals surface area contributed by atoms with E-state index in [1.54, 1.807) is 17.2 Å². The van der Waals surface area contributed by atoms with E-state index in [4.69, 9.17) is 4.74 Å². The van der Waals surface area contributed by atoms with Crippen LogP contribution in [-0.4, -0.2) is 58.2 Å². The lowest BCUT2D eigenvalue weighted by Crippen LogP contribution is -2.50. The maximum Gasteiger partial charge on any atom is 0.408 e. The Morgan fingerprint density at radius 1 is 0.922 bits per heavy atom. The molecule has 4 rings (SSSR count). The van der Waals surface area contributed by atoms with Crippen molar-refractivity contribution in [3.8, 4) is 11.1 Å². The van der Waals surface area contributed by atoms with Crippen LogP contribution in [0.1, 0.15) is 63.9 Å². The summed E-state index contributed by atoms with van der Waals surface area (Å²) >= 11 is 0. The van der Waals surface area contributed by atoms with E-state index < -0.39 is 53.6 Å². The standard InChI is InChI=1S/C40H48F2N4O5/c1-27(2)36(44-39(50)51-26-29-15-10-7-11-16-29)38(49)43-19-12-20-46(35(48)25-47)37(40(3,4)5)34-21-30(32-22-31(41)17-18-33(32)42)24-45(34)23-28-13-8-6-9-14-28/h6-11,13-18,21-22,24,27,36-37,47H,12,19-20,23,25-26H2,1-5H3,(H,43,49)(H,44,50)/t36-,37-/m0/s1. The molecule has 0 aliphatic carbocycles. The zero-order chi connectivity index (χ0) is 37.1. The van der Waals surface area contributed by atoms with Crippen LogP contribution in [0.4, 0.5) is 13.6 Å². The van der Waals surface area contributed by atoms with Gasteiger partial charge in [0.1, 0.15) is 30.9 Å². The summed E-state index contributed by atoms with van der Waals surface area (Å²) in [7, 11) is 0. The Morgan fingerprint density at radius 2 is 1.57 bits per heavy atom. The first kappa shape index (κ1) is 38.8. The molecule has 11 heteroatoms. The number of aliphatic hydroxyl groups is 1. The Hall–Kier alpha value is -5.03. The van der Waals surface area contributed by atoms with Gasteiger partial charge in [-0.15, -0.1) is 0 Å². The maximum atomic E-state index is 15.0. The summed E-state index contributed by atoms with van der Waals surface area (Å²) in [5, 5.41) is 15.6. The number of benzene rings is 3. The molecule has 0 saturated carbocycles. The molecule has 0 aliphatic rings. The Labute approximate surface area is 298 Å². The van der Waals surface area contributed by atoms with Crippen LogP contribution in [-0.2, 0) is 27.5 Å². The van der Waals surface area contributed by atoms with Crippen LogP contribution in [0.25, 0.3) is 11.1 Å². The molecular weight excluding hydrogens is 654 g/mol. The average molecular weight is 703 g/mol. The lowest BCUT2D eigenvalue weighted by atomic mass is 9.83. The largest absolute Gasteiger partial charge is 0.445 e. The molecule has 9 nitrogen and oxygen atoms in total. The number of nitrogens with zero attached hydrogens (tertiary/aromatic N) is 2. The first-order valence-corrected chi connectivity index (χ1v) is 17.1. The molecule has 1 heterocycles. The molecule has 0 fully saturated rings. The van der Waals surface area contributed by atoms with Gasteiger partial charge in [-0.2, -0.15) is 0 Å². The molecule has 4 aromatic rings. The quantitative estimate of drug-likeness (QED) is 0.117. The second-order valence-electron chi connectivity index (χ2n) is 14.0. The number of carbonyl (C=O) groups excluding carboxylic acids is 3. The molecule has 0 saturated heterocycles. The number of aromatic nitrogens is 1. The van der Waals surface area contributed by atoms with E-state index in [1.807, 2.05) is 99.8 Å². The molecule has 3 aromatic carbocycles. The van der Waals surface area contributed by atoms with Gasteiger partial charge in [0.05, 0.1) is 6.04 Å². The Kier molecular flexibility index (Phi) is 13.5. The number of ether oxygens (including phenoxy) is 1. The molecule has 272 valence electrons. The lowest BCUT2D eigenvalue weighted by Gasteiger charge is -2.41. The molecule has 51 heavy (non-hydrogen) atoms. The number of hydrogen-bond donors (Lipinski definition) is 3. The highest BCUT2D eigenvalue weighted by Crippen LogP contribution is 2.41. The summed E-state index contributed by atoms with van der Waals surface area (Å²) in [6.45, 7) is 9.59. The van der Waals surface area contributed by atoms with Crippen molar-refractivity contribution < 1.29 is 33.0 Å². The summed E-state index contributed by atoms with van der Waals surface area (Å²) in [4.78, 5) is 40.7. The summed E-state index contributed by atoms with van der Waals surface area (Å²) in [6.07, 6.45) is 1.37. The fourth-order valence-corrected chi connectivity index (χ4v) is 6.10. The highest BCUT2D eigenvalue weighted by molar-refractivity contribution is 5.85. The number of rotatable bonds is 15. The lowest BCUT2D eigenvalue weighted by molar-refractivity contribution is -0.139. The first-order chi connectivity index (χ1) is 24.3. The van der Waals surface area contributed by atoms with Gasteiger partial charge in [0.15, 0.2) is 0 Å². The van der Waals surface area contributed by atoms with Gasteiger partial charge < -0.3 is 29.9 Å². The van der Waals surface area contributed by atoms with Crippen LogP contribution in [0.2, 0.25) is 0 Å². The van der Waals surface area contributed by atoms with Gasteiger partial charge in [0.25, 0.3) is 0 Å². The third-order valence-corrected chi connectivity index (χ3v) is 8.54. The van der Waals surface area contributed by atoms with Crippen molar-refractivity contribution in [3.05, 3.63) is 120 Å². The number of halogens is 2. The zero-order valence-corrected chi connectivity index (χ0v) is 29.9. The topological polar surface area (TPSA) is 113 Å². The Morgan fingerprint density at radius 3 is 2.18 bits per heavy atom. The number of carbonyl (C=O) groups is 3. The minimum Gasteiger partial charge on any atom is -0.445 e. The summed E-state index contributed by atoms with van der Waals surface area (Å²) < 4.78 is 36.5. The number of aliphatic hydroxyl groups excluding tert-OH is 1. The van der Waals surface area contributed by atoms with E-state index in [2.05, 4.69) is 10.6 Å². The second kappa shape index (κ2) is 17.8. The van der Waals surface area contributed by atoms with Gasteiger partial charge in [-0.3, -0.25) is 9.59 Å². The maximum absolute atomic E-state index is 15.0. The van der Waals surface area contributed by atoms with Crippen molar-refractivity contribution in [2.24, 2.45) is 11.3 Å². The van der Waals surface area contributed by atoms with Crippen LogP contribution in [0.3, 0.4) is 0 Å². The van der Waals surface area contributed by atoms with E-state index in [-0.39, 0.29) is 31.2 Å². The van der Waals surface area contributed by atoms with Crippen molar-refractivity contribution in [3.63, 3.8) is 0 Å². The third kappa shape index (κ3) is 10.7. The first-order valence-electron chi connectivity index (χ1n) is 17.1. The molecule has 0 aliphatic heterocycles. The smallest absolute Gasteiger partial charge is 0.408 e. The molecule has 0 bridgehead atoms. The van der Waals surface area contributed by atoms with Gasteiger partial charge in [0.2, 0.25) is 11.8 Å². The SMILES string of the molecule is CC(C)[C@H](NC(=O)OCc1ccccc1)C(=O)NCCCN(C(=O)CO)[C@@H](c1cc(-c2cc(F)ccc2F)cn1Cc1ccccc1)C(C)(C)C. The average Bonchev–Trinajstić information content (AvgIpc) is 3.50. The fraction of sp³-hybridized carbons (Fsp3) is 0.375. The summed E-state index contributed by atoms with van der Waals surface area (Å²) in [5.74, 6) is -2.30. The summed E-state index contributed by atoms with van der Waals surface area (Å²) in [6, 6.07) is 22.5. The van der Waals surface area contributed by atoms with E-state index in [0.29, 0.717) is 24.2 Å². The van der Waals surface area contributed by atoms with Crippen LogP contribution in [0.5, 0.6) is 0 Å². The molecule has 2 atom stereocenters. The van der Waals surface area contributed by atoms with Crippen molar-refractivity contribution in [1.82, 2.24) is 20.1 Å². The highest BCUT2D eigenvalue weighted by Gasteiger charge is 2.37. The molecule has 3 amide bonds. The van der Waals surface area contributed by atoms with Crippen LogP contribution in [0.15, 0.2) is 91.1 Å². The van der Waals surface area contributed by atoms with E-state index in [9.17, 15) is 23.9 Å². The number of hydrogen-bond acceptors (Lipinski definition) is 5. The van der Waals surface area contributed by atoms with Gasteiger partial charge in [-0.25, -0.2) is 13.6 Å². The number of amides is 3. The van der Waals surface area contributed by atoms with E-state index in [1.165, 1.54) is 0 Å². The summed E-state index contributed by atoms with van der Waals surface area (Å²) in [5.41, 5.74) is 2.42. The van der Waals surface area contributed by atoms with Gasteiger partial charge in [-0.1, -0.05) is 95.3 Å². The highest BCUT2D eigenvalue weighted by atomic mass is 19.1. The van der Waals surface area contributed by atoms with Gasteiger partial charge >= 0.3 is 6.09 Å². The predicted octanol–water partition coefficient (Wildman–Crippen LogP) is 6.85. The molecule has 0 radical (unpaired) electrons. The monoisotopic (exact) mass is 702 g/mol. The van der Waals surface area contributed by atoms with Crippen LogP contribution >= 0.6 is 0 Å². The minimum atomic E-state index is -0.853. The minimum absolute atomic E-state index is 0.0656. The molecule has 0 spiro atoms. The number of nitrogens with one attached hydrogen (secondary N) is 2. The molecule has 0 unspecified atom stereocenters. The second-order valence-corrected chi connectivity index (χ2v) is 14.0. The predicted molar refractivity (Wildman–Crippen MR) is 192 cm³/mol. The van der Waals surface area contributed by atoms with Crippen molar-refractivity contribution in [2.45, 2.75) is 66.3 Å². The third-order valence-electron chi connectivity index (χ3n) is 8.54. The normalized spacial score (nSPS) is 12.6. The van der Waals surface area contributed by atoms with Gasteiger partial charge in [-0.05, 0) is 53.1 Å². The van der Waals surface area contributed by atoms with Crippen molar-refractivity contribution >= 4 is 17.9 Å². The van der Waals surface area contributed by atoms with E-state index >= 15 is 4.39 Å². The Bertz CT molecular complexity index is 1760. The Balaban J connectivity index is 1.53. The van der Waals surface area contributed by atoms with Crippen LogP contribution in [0, 0.1) is 23.0 Å². The van der Waals surface area contributed by atoms with E-state index in [0.717, 1.165) is 29.3 Å².